The van der Waals surface area contributed by atoms with Gasteiger partial charge in [0.1, 0.15) is 5.75 Å². The predicted octanol–water partition coefficient (Wildman–Crippen LogP) is 1.68. The molecule has 0 aliphatic carbocycles. The number of carbonyl (C=O) groups is 1. The van der Waals surface area contributed by atoms with Crippen molar-refractivity contribution in [2.45, 2.75) is 19.1 Å². The van der Waals surface area contributed by atoms with E-state index in [-0.39, 0.29) is 0 Å². The maximum atomic E-state index is 12.0. The van der Waals surface area contributed by atoms with Gasteiger partial charge in [0.05, 0.1) is 23.6 Å². The number of sulfonamides is 1. The van der Waals surface area contributed by atoms with Gasteiger partial charge in [-0.2, -0.15) is 0 Å². The molecule has 0 unspecified atom stereocenters. The first-order chi connectivity index (χ1) is 8.34. The van der Waals surface area contributed by atoms with Gasteiger partial charge in [0.25, 0.3) is 0 Å². The van der Waals surface area contributed by atoms with Crippen molar-refractivity contribution >= 4 is 22.0 Å². The van der Waals surface area contributed by atoms with E-state index < -0.39 is 15.3 Å². The summed E-state index contributed by atoms with van der Waals surface area (Å²) >= 11 is 0. The molecule has 100 valence electrons. The van der Waals surface area contributed by atoms with Gasteiger partial charge in [-0.25, -0.2) is 8.42 Å². The van der Waals surface area contributed by atoms with Crippen molar-refractivity contribution in [2.24, 2.45) is 0 Å². The number of benzene rings is 1. The van der Waals surface area contributed by atoms with Crippen molar-refractivity contribution in [1.29, 1.82) is 0 Å². The Morgan fingerprint density at radius 1 is 1.33 bits per heavy atom. The lowest BCUT2D eigenvalue weighted by molar-refractivity contribution is 0.112. The van der Waals surface area contributed by atoms with Crippen LogP contribution in [0.3, 0.4) is 0 Å². The standard InChI is InChI=1S/C12H17NO4S/c1-9(2)18(15,16)13(3)11-5-6-12(17-4)10(7-11)8-14/h5-9H,1-4H3. The predicted molar refractivity (Wildman–Crippen MR) is 70.8 cm³/mol. The zero-order valence-electron chi connectivity index (χ0n) is 10.9. The molecule has 18 heavy (non-hydrogen) atoms. The lowest BCUT2D eigenvalue weighted by Crippen LogP contribution is -2.33. The van der Waals surface area contributed by atoms with Gasteiger partial charge in [0, 0.05) is 7.05 Å². The van der Waals surface area contributed by atoms with E-state index in [0.717, 1.165) is 0 Å². The minimum Gasteiger partial charge on any atom is -0.496 e. The summed E-state index contributed by atoms with van der Waals surface area (Å²) in [5, 5.41) is -0.524. The van der Waals surface area contributed by atoms with Crippen molar-refractivity contribution in [2.75, 3.05) is 18.5 Å². The summed E-state index contributed by atoms with van der Waals surface area (Å²) in [5.74, 6) is 0.420. The Morgan fingerprint density at radius 3 is 2.39 bits per heavy atom. The fraction of sp³-hybridized carbons (Fsp3) is 0.417. The molecule has 0 bridgehead atoms. The first kappa shape index (κ1) is 14.5. The molecule has 0 atom stereocenters. The number of nitrogens with zero attached hydrogens (tertiary/aromatic N) is 1. The molecular weight excluding hydrogens is 254 g/mol. The molecule has 6 heteroatoms. The Morgan fingerprint density at radius 2 is 1.94 bits per heavy atom. The van der Waals surface area contributed by atoms with Crippen LogP contribution in [0, 0.1) is 0 Å². The molecule has 0 saturated heterocycles. The van der Waals surface area contributed by atoms with Gasteiger partial charge in [0.15, 0.2) is 6.29 Å². The number of hydrogen-bond acceptors (Lipinski definition) is 4. The lowest BCUT2D eigenvalue weighted by Gasteiger charge is -2.22. The zero-order chi connectivity index (χ0) is 13.9. The number of aldehydes is 1. The summed E-state index contributed by atoms with van der Waals surface area (Å²) in [7, 11) is -0.479. The highest BCUT2D eigenvalue weighted by Crippen LogP contribution is 2.25. The van der Waals surface area contributed by atoms with Crippen LogP contribution in [0.4, 0.5) is 5.69 Å². The van der Waals surface area contributed by atoms with Gasteiger partial charge >= 0.3 is 0 Å². The van der Waals surface area contributed by atoms with Crippen molar-refractivity contribution < 1.29 is 17.9 Å². The average molecular weight is 271 g/mol. The first-order valence-electron chi connectivity index (χ1n) is 5.45. The van der Waals surface area contributed by atoms with Crippen molar-refractivity contribution in [3.8, 4) is 5.75 Å². The molecular formula is C12H17NO4S. The monoisotopic (exact) mass is 271 g/mol. The molecule has 0 spiro atoms. The third kappa shape index (κ3) is 2.64. The topological polar surface area (TPSA) is 63.7 Å². The normalized spacial score (nSPS) is 11.4. The minimum atomic E-state index is -3.40. The van der Waals surface area contributed by atoms with E-state index in [1.165, 1.54) is 24.5 Å². The van der Waals surface area contributed by atoms with E-state index in [1.807, 2.05) is 0 Å². The molecule has 0 N–H and O–H groups in total. The zero-order valence-corrected chi connectivity index (χ0v) is 11.7. The van der Waals surface area contributed by atoms with E-state index in [4.69, 9.17) is 4.74 Å². The van der Waals surface area contributed by atoms with Gasteiger partial charge < -0.3 is 4.74 Å². The maximum Gasteiger partial charge on any atom is 0.237 e. The molecule has 1 rings (SSSR count). The van der Waals surface area contributed by atoms with Crippen LogP contribution in [0.1, 0.15) is 24.2 Å². The Kier molecular flexibility index (Phi) is 4.34. The number of rotatable bonds is 5. The van der Waals surface area contributed by atoms with E-state index >= 15 is 0 Å². The van der Waals surface area contributed by atoms with Gasteiger partial charge in [-0.15, -0.1) is 0 Å². The number of hydrogen-bond donors (Lipinski definition) is 0. The highest BCUT2D eigenvalue weighted by Gasteiger charge is 2.23. The number of anilines is 1. The van der Waals surface area contributed by atoms with Crippen LogP contribution in [0.5, 0.6) is 5.75 Å². The largest absolute Gasteiger partial charge is 0.496 e. The molecule has 1 aromatic rings. The second kappa shape index (κ2) is 5.39. The second-order valence-electron chi connectivity index (χ2n) is 4.11. The Labute approximate surface area is 107 Å². The maximum absolute atomic E-state index is 12.0. The summed E-state index contributed by atoms with van der Waals surface area (Å²) in [6, 6.07) is 4.67. The lowest BCUT2D eigenvalue weighted by atomic mass is 10.2. The Hall–Kier alpha value is -1.56. The summed E-state index contributed by atoms with van der Waals surface area (Å²) in [5.41, 5.74) is 0.757. The fourth-order valence-corrected chi connectivity index (χ4v) is 2.51. The van der Waals surface area contributed by atoms with E-state index in [9.17, 15) is 13.2 Å². The van der Waals surface area contributed by atoms with Gasteiger partial charge in [-0.1, -0.05) is 0 Å². The van der Waals surface area contributed by atoms with Crippen LogP contribution >= 0.6 is 0 Å². The van der Waals surface area contributed by atoms with Crippen LogP contribution in [-0.4, -0.2) is 34.1 Å². The molecule has 0 fully saturated rings. The number of ether oxygens (including phenoxy) is 1. The summed E-state index contributed by atoms with van der Waals surface area (Å²) in [4.78, 5) is 10.9. The molecule has 0 amide bonds. The molecule has 0 heterocycles. The van der Waals surface area contributed by atoms with Gasteiger partial charge in [-0.3, -0.25) is 9.10 Å². The van der Waals surface area contributed by atoms with Gasteiger partial charge in [-0.05, 0) is 32.0 Å². The molecule has 0 aromatic heterocycles. The summed E-state index contributed by atoms with van der Waals surface area (Å²) < 4.78 is 30.2. The third-order valence-electron chi connectivity index (χ3n) is 2.68. The van der Waals surface area contributed by atoms with Crippen LogP contribution in [0.2, 0.25) is 0 Å². The Balaban J connectivity index is 3.23. The van der Waals surface area contributed by atoms with E-state index in [0.29, 0.717) is 23.3 Å². The molecule has 0 radical (unpaired) electrons. The van der Waals surface area contributed by atoms with E-state index in [2.05, 4.69) is 0 Å². The quantitative estimate of drug-likeness (QED) is 0.764. The van der Waals surface area contributed by atoms with Crippen LogP contribution in [0.25, 0.3) is 0 Å². The van der Waals surface area contributed by atoms with Crippen LogP contribution in [-0.2, 0) is 10.0 Å². The Bertz CT molecular complexity index is 537. The molecule has 0 aliphatic heterocycles. The molecule has 1 aromatic carbocycles. The molecule has 0 aliphatic rings. The van der Waals surface area contributed by atoms with Crippen molar-refractivity contribution in [3.63, 3.8) is 0 Å². The third-order valence-corrected chi connectivity index (χ3v) is 4.85. The molecule has 0 saturated carbocycles. The SMILES string of the molecule is COc1ccc(N(C)S(=O)(=O)C(C)C)cc1C=O. The second-order valence-corrected chi connectivity index (χ2v) is 6.63. The van der Waals surface area contributed by atoms with E-state index in [1.54, 1.807) is 26.0 Å². The number of methoxy groups -OCH3 is 1. The van der Waals surface area contributed by atoms with Crippen molar-refractivity contribution in [3.05, 3.63) is 23.8 Å². The fourth-order valence-electron chi connectivity index (χ4n) is 1.47. The first-order valence-corrected chi connectivity index (χ1v) is 6.96. The summed E-state index contributed by atoms with van der Waals surface area (Å²) in [6.45, 7) is 3.21. The van der Waals surface area contributed by atoms with Crippen LogP contribution < -0.4 is 9.04 Å². The van der Waals surface area contributed by atoms with Gasteiger partial charge in [0.2, 0.25) is 10.0 Å². The smallest absolute Gasteiger partial charge is 0.237 e. The molecule has 5 nitrogen and oxygen atoms in total. The highest BCUT2D eigenvalue weighted by atomic mass is 32.2. The van der Waals surface area contributed by atoms with Crippen LogP contribution in [0.15, 0.2) is 18.2 Å². The number of carbonyl (C=O) groups excluding carboxylic acids is 1. The average Bonchev–Trinajstić information content (AvgIpc) is 2.36. The minimum absolute atomic E-state index is 0.320. The van der Waals surface area contributed by atoms with Crippen molar-refractivity contribution in [1.82, 2.24) is 0 Å². The summed E-state index contributed by atoms with van der Waals surface area (Å²) in [6.07, 6.45) is 0.637. The highest BCUT2D eigenvalue weighted by molar-refractivity contribution is 7.93.